The summed E-state index contributed by atoms with van der Waals surface area (Å²) < 4.78 is 6.98. The molecule has 5 heteroatoms. The van der Waals surface area contributed by atoms with Gasteiger partial charge in [0.15, 0.2) is 0 Å². The first kappa shape index (κ1) is 18.9. The van der Waals surface area contributed by atoms with Crippen LogP contribution in [0.3, 0.4) is 0 Å². The molecule has 0 amide bonds. The number of rotatable bonds is 7. The summed E-state index contributed by atoms with van der Waals surface area (Å²) in [5.41, 5.74) is 2.70. The number of carbonyl (C=O) groups excluding carboxylic acids is 1. The molecule has 0 saturated carbocycles. The number of allylic oxidation sites excluding steroid dienone is 1. The van der Waals surface area contributed by atoms with Crippen molar-refractivity contribution in [3.63, 3.8) is 0 Å². The van der Waals surface area contributed by atoms with Crippen molar-refractivity contribution in [2.45, 2.75) is 12.8 Å². The zero-order valence-electron chi connectivity index (χ0n) is 15.6. The van der Waals surface area contributed by atoms with E-state index in [2.05, 4.69) is 4.98 Å². The van der Waals surface area contributed by atoms with Crippen molar-refractivity contribution < 1.29 is 14.6 Å². The van der Waals surface area contributed by atoms with Gasteiger partial charge in [0.2, 0.25) is 0 Å². The second-order valence-electron chi connectivity index (χ2n) is 6.52. The summed E-state index contributed by atoms with van der Waals surface area (Å²) in [5, 5.41) is 11.9. The van der Waals surface area contributed by atoms with Crippen LogP contribution < -0.4 is 9.84 Å². The zero-order valence-corrected chi connectivity index (χ0v) is 16.4. The number of benzene rings is 3. The monoisotopic (exact) mass is 400 g/mol. The van der Waals surface area contributed by atoms with Crippen molar-refractivity contribution in [1.29, 1.82) is 0 Å². The minimum absolute atomic E-state index is 0.0536. The van der Waals surface area contributed by atoms with Crippen LogP contribution in [-0.2, 0) is 4.79 Å². The van der Waals surface area contributed by atoms with Gasteiger partial charge >= 0.3 is 0 Å². The molecule has 4 nitrogen and oxygen atoms in total. The molecule has 0 unspecified atom stereocenters. The molecule has 1 aromatic heterocycles. The number of fused-ring (bicyclic) bond motifs is 1. The fourth-order valence-corrected chi connectivity index (χ4v) is 3.99. The summed E-state index contributed by atoms with van der Waals surface area (Å²) in [4.78, 5) is 15.7. The van der Waals surface area contributed by atoms with Crippen molar-refractivity contribution in [2.75, 3.05) is 0 Å². The molecule has 4 aromatic rings. The predicted molar refractivity (Wildman–Crippen MR) is 115 cm³/mol. The van der Waals surface area contributed by atoms with Gasteiger partial charge < -0.3 is 14.6 Å². The highest BCUT2D eigenvalue weighted by Gasteiger charge is 2.10. The van der Waals surface area contributed by atoms with Crippen LogP contribution in [0.5, 0.6) is 11.5 Å². The van der Waals surface area contributed by atoms with E-state index >= 15 is 0 Å². The first-order valence-corrected chi connectivity index (χ1v) is 10.1. The molecular weight excluding hydrogens is 382 g/mol. The van der Waals surface area contributed by atoms with E-state index < -0.39 is 5.97 Å². The molecule has 3 aromatic carbocycles. The maximum absolute atomic E-state index is 11.0. The van der Waals surface area contributed by atoms with Crippen molar-refractivity contribution in [1.82, 2.24) is 4.98 Å². The molecule has 29 heavy (non-hydrogen) atoms. The fourth-order valence-electron chi connectivity index (χ4n) is 2.98. The molecule has 0 radical (unpaired) electrons. The first-order chi connectivity index (χ1) is 14.2. The van der Waals surface area contributed by atoms with E-state index in [1.54, 1.807) is 11.3 Å². The molecule has 4 rings (SSSR count). The number of hydrogen-bond acceptors (Lipinski definition) is 5. The van der Waals surface area contributed by atoms with E-state index in [9.17, 15) is 9.90 Å². The minimum Gasteiger partial charge on any atom is -0.550 e. The third-order valence-corrected chi connectivity index (χ3v) is 5.46. The summed E-state index contributed by atoms with van der Waals surface area (Å²) in [6.45, 7) is 0. The van der Waals surface area contributed by atoms with E-state index in [0.717, 1.165) is 32.1 Å². The van der Waals surface area contributed by atoms with Gasteiger partial charge in [-0.25, -0.2) is 4.98 Å². The highest BCUT2D eigenvalue weighted by atomic mass is 32.1. The number of carboxylic acids is 1. The van der Waals surface area contributed by atoms with Crippen molar-refractivity contribution in [2.24, 2.45) is 0 Å². The van der Waals surface area contributed by atoms with Crippen LogP contribution in [0.4, 0.5) is 0 Å². The molecule has 0 aliphatic rings. The van der Waals surface area contributed by atoms with Gasteiger partial charge in [-0.3, -0.25) is 0 Å². The number of hydrogen-bond donors (Lipinski definition) is 0. The predicted octanol–water partition coefficient (Wildman–Crippen LogP) is 5.16. The van der Waals surface area contributed by atoms with Gasteiger partial charge in [0.25, 0.3) is 0 Å². The van der Waals surface area contributed by atoms with E-state index in [0.29, 0.717) is 12.2 Å². The highest BCUT2D eigenvalue weighted by Crippen LogP contribution is 2.31. The Morgan fingerprint density at radius 2 is 1.69 bits per heavy atom. The molecule has 0 bridgehead atoms. The second-order valence-corrected chi connectivity index (χ2v) is 7.55. The van der Waals surface area contributed by atoms with Crippen LogP contribution in [0.25, 0.3) is 21.9 Å². The Kier molecular flexibility index (Phi) is 5.68. The minimum atomic E-state index is -1.07. The largest absolute Gasteiger partial charge is 0.550 e. The van der Waals surface area contributed by atoms with E-state index in [-0.39, 0.29) is 6.42 Å². The van der Waals surface area contributed by atoms with E-state index in [4.69, 9.17) is 4.74 Å². The normalized spacial score (nSPS) is 11.5. The number of ether oxygens (including phenoxy) is 1. The first-order valence-electron chi connectivity index (χ1n) is 9.27. The lowest BCUT2D eigenvalue weighted by atomic mass is 10.1. The smallest absolute Gasteiger partial charge is 0.128 e. The Hall–Kier alpha value is -3.44. The Bertz CT molecular complexity index is 1130. The van der Waals surface area contributed by atoms with Crippen LogP contribution in [0.15, 0.2) is 78.9 Å². The lowest BCUT2D eigenvalue weighted by molar-refractivity contribution is -0.305. The molecular formula is C24H18NO3S-. The average Bonchev–Trinajstić information content (AvgIpc) is 3.16. The quantitative estimate of drug-likeness (QED) is 0.430. The summed E-state index contributed by atoms with van der Waals surface area (Å²) in [7, 11) is 0. The molecule has 0 atom stereocenters. The Labute approximate surface area is 172 Å². The van der Waals surface area contributed by atoms with Crippen LogP contribution in [0.2, 0.25) is 0 Å². The molecule has 1 heterocycles. The molecule has 0 spiro atoms. The molecule has 0 N–H and O–H groups in total. The number of carboxylic acid groups (broad SMARTS) is 1. The van der Waals surface area contributed by atoms with Gasteiger partial charge in [0.1, 0.15) is 16.5 Å². The maximum Gasteiger partial charge on any atom is 0.128 e. The van der Waals surface area contributed by atoms with Gasteiger partial charge in [0, 0.05) is 5.97 Å². The van der Waals surface area contributed by atoms with Crippen molar-refractivity contribution >= 4 is 39.2 Å². The van der Waals surface area contributed by atoms with Crippen LogP contribution in [0.1, 0.15) is 23.4 Å². The highest BCUT2D eigenvalue weighted by molar-refractivity contribution is 7.19. The standard InChI is InChI=1S/C24H19NO3S/c26-23(27)14-13-18(24-25-21-11-4-5-12-22(21)29-24)15-17-7-6-10-20(16-17)28-19-8-2-1-3-9-19/h1-12,15-16H,13-14H2,(H,26,27)/p-1/b18-15+. The van der Waals surface area contributed by atoms with E-state index in [1.807, 2.05) is 84.9 Å². The van der Waals surface area contributed by atoms with Crippen molar-refractivity contribution in [3.8, 4) is 11.5 Å². The summed E-state index contributed by atoms with van der Waals surface area (Å²) in [5.74, 6) is 0.406. The number of aliphatic carboxylic acids is 1. The van der Waals surface area contributed by atoms with Crippen LogP contribution in [-0.4, -0.2) is 11.0 Å². The van der Waals surface area contributed by atoms with Gasteiger partial charge in [-0.15, -0.1) is 11.3 Å². The Morgan fingerprint density at radius 1 is 0.931 bits per heavy atom. The summed E-state index contributed by atoms with van der Waals surface area (Å²) in [6.07, 6.45) is 2.27. The lowest BCUT2D eigenvalue weighted by Gasteiger charge is -2.08. The number of para-hydroxylation sites is 2. The van der Waals surface area contributed by atoms with Gasteiger partial charge in [-0.05, 0) is 66.5 Å². The third-order valence-electron chi connectivity index (χ3n) is 4.34. The summed E-state index contributed by atoms with van der Waals surface area (Å²) in [6, 6.07) is 25.2. The number of aromatic nitrogens is 1. The van der Waals surface area contributed by atoms with Gasteiger partial charge in [-0.2, -0.15) is 0 Å². The Balaban J connectivity index is 1.66. The number of thiazole rings is 1. The third kappa shape index (κ3) is 4.89. The summed E-state index contributed by atoms with van der Waals surface area (Å²) >= 11 is 1.56. The lowest BCUT2D eigenvalue weighted by Crippen LogP contribution is -2.21. The number of carbonyl (C=O) groups is 1. The zero-order chi connectivity index (χ0) is 20.1. The molecule has 0 saturated heterocycles. The second kappa shape index (κ2) is 8.71. The molecule has 144 valence electrons. The Morgan fingerprint density at radius 3 is 2.48 bits per heavy atom. The number of nitrogens with zero attached hydrogens (tertiary/aromatic N) is 1. The SMILES string of the molecule is O=C([O-])CC/C(=C\c1cccc(Oc2ccccc2)c1)c1nc2ccccc2s1. The maximum atomic E-state index is 11.0. The average molecular weight is 400 g/mol. The molecule has 0 fully saturated rings. The fraction of sp³-hybridized carbons (Fsp3) is 0.0833. The van der Waals surface area contributed by atoms with Crippen molar-refractivity contribution in [3.05, 3.63) is 89.4 Å². The van der Waals surface area contributed by atoms with Crippen LogP contribution in [0, 0.1) is 0 Å². The van der Waals surface area contributed by atoms with Gasteiger partial charge in [-0.1, -0.05) is 42.5 Å². The van der Waals surface area contributed by atoms with Gasteiger partial charge in [0.05, 0.1) is 10.2 Å². The topological polar surface area (TPSA) is 62.2 Å². The van der Waals surface area contributed by atoms with Crippen LogP contribution >= 0.6 is 11.3 Å². The van der Waals surface area contributed by atoms with E-state index in [1.165, 1.54) is 0 Å². The molecule has 0 aliphatic heterocycles. The molecule has 0 aliphatic carbocycles.